The van der Waals surface area contributed by atoms with Crippen LogP contribution in [-0.2, 0) is 10.0 Å². The molecule has 11 heteroatoms. The van der Waals surface area contributed by atoms with Crippen LogP contribution in [-0.4, -0.2) is 41.8 Å². The zero-order chi connectivity index (χ0) is 15.6. The van der Waals surface area contributed by atoms with Gasteiger partial charge in [-0.15, -0.1) is 5.10 Å². The second kappa shape index (κ2) is 5.58. The number of benzene rings is 1. The number of methoxy groups -OCH3 is 1. The summed E-state index contributed by atoms with van der Waals surface area (Å²) in [5.74, 6) is -1.50. The number of aromatic carboxylic acids is 1. The molecule has 0 fully saturated rings. The minimum absolute atomic E-state index is 0.0463. The molecule has 9 nitrogen and oxygen atoms in total. The van der Waals surface area contributed by atoms with Crippen molar-refractivity contribution in [3.8, 4) is 6.01 Å². The summed E-state index contributed by atoms with van der Waals surface area (Å²) in [5, 5.41) is 14.8. The highest BCUT2D eigenvalue weighted by Gasteiger charge is 2.20. The van der Waals surface area contributed by atoms with E-state index in [4.69, 9.17) is 21.4 Å². The van der Waals surface area contributed by atoms with Gasteiger partial charge in [0.05, 0.1) is 22.6 Å². The molecule has 0 saturated heterocycles. The molecule has 1 heterocycles. The Bertz CT molecular complexity index is 788. The number of nitrogens with zero attached hydrogens (tertiary/aromatic N) is 2. The molecular weight excluding hydrogens is 324 g/mol. The predicted octanol–water partition coefficient (Wildman–Crippen LogP) is 0.966. The van der Waals surface area contributed by atoms with Crippen molar-refractivity contribution in [2.45, 2.75) is 4.90 Å². The Kier molecular flexibility index (Phi) is 4.00. The van der Waals surface area contributed by atoms with E-state index in [9.17, 15) is 13.2 Å². The van der Waals surface area contributed by atoms with E-state index in [1.807, 2.05) is 0 Å². The van der Waals surface area contributed by atoms with Gasteiger partial charge in [-0.1, -0.05) is 11.6 Å². The van der Waals surface area contributed by atoms with E-state index in [2.05, 4.69) is 19.9 Å². The highest BCUT2D eigenvalue weighted by atomic mass is 35.5. The summed E-state index contributed by atoms with van der Waals surface area (Å²) in [6, 6.07) is 3.25. The Labute approximate surface area is 124 Å². The lowest BCUT2D eigenvalue weighted by Gasteiger charge is -2.06. The van der Waals surface area contributed by atoms with Crippen LogP contribution in [0.25, 0.3) is 0 Å². The molecule has 0 saturated carbocycles. The van der Waals surface area contributed by atoms with Crippen molar-refractivity contribution in [3.63, 3.8) is 0 Å². The summed E-state index contributed by atoms with van der Waals surface area (Å²) in [6.45, 7) is 0. The number of rotatable bonds is 5. The van der Waals surface area contributed by atoms with Crippen LogP contribution in [0.2, 0.25) is 5.02 Å². The topological polar surface area (TPSA) is 134 Å². The second-order valence-corrected chi connectivity index (χ2v) is 5.81. The number of nitrogens with one attached hydrogen (secondary N) is 2. The van der Waals surface area contributed by atoms with Crippen LogP contribution in [0, 0.1) is 0 Å². The van der Waals surface area contributed by atoms with Crippen molar-refractivity contribution in [2.75, 3.05) is 11.8 Å². The third-order valence-electron chi connectivity index (χ3n) is 2.36. The minimum Gasteiger partial charge on any atom is -0.478 e. The molecule has 0 atom stereocenters. The van der Waals surface area contributed by atoms with Crippen molar-refractivity contribution in [3.05, 3.63) is 28.8 Å². The zero-order valence-corrected chi connectivity index (χ0v) is 12.1. The average Bonchev–Trinajstić information content (AvgIpc) is 2.85. The first-order chi connectivity index (χ1) is 9.83. The molecule has 0 aliphatic rings. The Morgan fingerprint density at radius 2 is 2.19 bits per heavy atom. The van der Waals surface area contributed by atoms with Crippen molar-refractivity contribution in [2.24, 2.45) is 0 Å². The summed E-state index contributed by atoms with van der Waals surface area (Å²) >= 11 is 5.68. The Balaban J connectivity index is 2.35. The number of hydrogen-bond donors (Lipinski definition) is 3. The molecule has 1 aromatic heterocycles. The summed E-state index contributed by atoms with van der Waals surface area (Å²) < 4.78 is 31.0. The Morgan fingerprint density at radius 1 is 1.48 bits per heavy atom. The summed E-state index contributed by atoms with van der Waals surface area (Å²) in [6.07, 6.45) is 0. The van der Waals surface area contributed by atoms with Crippen LogP contribution in [0.1, 0.15) is 10.4 Å². The quantitative estimate of drug-likeness (QED) is 0.742. The van der Waals surface area contributed by atoms with E-state index in [1.54, 1.807) is 0 Å². The lowest BCUT2D eigenvalue weighted by molar-refractivity contribution is 0.0697. The highest BCUT2D eigenvalue weighted by Crippen LogP contribution is 2.22. The molecular formula is C10H9ClN4O5S. The number of aromatic nitrogens is 3. The number of halogens is 1. The normalized spacial score (nSPS) is 11.1. The van der Waals surface area contributed by atoms with Crippen LogP contribution in [0.15, 0.2) is 23.1 Å². The van der Waals surface area contributed by atoms with Crippen LogP contribution in [0.3, 0.4) is 0 Å². The van der Waals surface area contributed by atoms with Gasteiger partial charge < -0.3 is 9.84 Å². The van der Waals surface area contributed by atoms with Crippen LogP contribution in [0.5, 0.6) is 6.01 Å². The largest absolute Gasteiger partial charge is 0.478 e. The molecule has 0 aliphatic carbocycles. The number of carboxylic acids is 1. The average molecular weight is 333 g/mol. The summed E-state index contributed by atoms with van der Waals surface area (Å²) in [4.78, 5) is 14.4. The minimum atomic E-state index is -4.04. The van der Waals surface area contributed by atoms with Gasteiger partial charge in [-0.2, -0.15) is 4.98 Å². The number of hydrogen-bond acceptors (Lipinski definition) is 6. The first-order valence-electron chi connectivity index (χ1n) is 5.35. The molecule has 0 bridgehead atoms. The fraction of sp³-hybridized carbons (Fsp3) is 0.100. The molecule has 0 spiro atoms. The third kappa shape index (κ3) is 3.23. The summed E-state index contributed by atoms with van der Waals surface area (Å²) in [7, 11) is -2.72. The molecule has 3 N–H and O–H groups in total. The number of ether oxygens (including phenoxy) is 1. The van der Waals surface area contributed by atoms with Gasteiger partial charge in [0.25, 0.3) is 10.0 Å². The monoisotopic (exact) mass is 332 g/mol. The Morgan fingerprint density at radius 3 is 2.76 bits per heavy atom. The molecule has 0 radical (unpaired) electrons. The van der Waals surface area contributed by atoms with Gasteiger partial charge in [-0.05, 0) is 18.2 Å². The standard InChI is InChI=1S/C10H9ClN4O5S/c1-20-10-12-9(13-14-10)15-21(18,19)5-2-3-7(11)6(4-5)8(16)17/h2-4H,1H3,(H,16,17)(H2,12,13,14,15). The van der Waals surface area contributed by atoms with Gasteiger partial charge in [0.15, 0.2) is 0 Å². The Hall–Kier alpha value is -2.33. The molecule has 2 aromatic rings. The van der Waals surface area contributed by atoms with E-state index in [1.165, 1.54) is 19.2 Å². The number of carboxylic acid groups (broad SMARTS) is 1. The van der Waals surface area contributed by atoms with E-state index in [-0.39, 0.29) is 27.4 Å². The number of carbonyl (C=O) groups is 1. The van der Waals surface area contributed by atoms with E-state index < -0.39 is 16.0 Å². The first-order valence-corrected chi connectivity index (χ1v) is 7.21. The molecule has 0 unspecified atom stereocenters. The first kappa shape index (κ1) is 15.1. The van der Waals surface area contributed by atoms with Crippen LogP contribution in [0.4, 0.5) is 5.95 Å². The van der Waals surface area contributed by atoms with Gasteiger partial charge in [0, 0.05) is 0 Å². The third-order valence-corrected chi connectivity index (χ3v) is 4.02. The van der Waals surface area contributed by atoms with E-state index in [0.29, 0.717) is 0 Å². The molecule has 0 amide bonds. The van der Waals surface area contributed by atoms with Crippen LogP contribution < -0.4 is 9.46 Å². The highest BCUT2D eigenvalue weighted by molar-refractivity contribution is 7.92. The van der Waals surface area contributed by atoms with Gasteiger partial charge in [0.2, 0.25) is 5.95 Å². The predicted molar refractivity (Wildman–Crippen MR) is 72.2 cm³/mol. The lowest BCUT2D eigenvalue weighted by Crippen LogP contribution is -2.15. The van der Waals surface area contributed by atoms with Crippen molar-refractivity contribution in [1.29, 1.82) is 0 Å². The number of H-pyrrole nitrogens is 1. The number of aromatic amines is 1. The molecule has 0 aliphatic heterocycles. The molecule has 21 heavy (non-hydrogen) atoms. The molecule has 2 rings (SSSR count). The molecule has 1 aromatic carbocycles. The number of anilines is 1. The van der Waals surface area contributed by atoms with Crippen molar-refractivity contribution in [1.82, 2.24) is 15.2 Å². The van der Waals surface area contributed by atoms with Gasteiger partial charge in [-0.25, -0.2) is 23.0 Å². The summed E-state index contributed by atoms with van der Waals surface area (Å²) in [5.41, 5.74) is -0.324. The fourth-order valence-corrected chi connectivity index (χ4v) is 2.59. The maximum Gasteiger partial charge on any atom is 0.337 e. The SMILES string of the molecule is COc1n[nH]c(NS(=O)(=O)c2ccc(Cl)c(C(=O)O)c2)n1. The second-order valence-electron chi connectivity index (χ2n) is 3.72. The van der Waals surface area contributed by atoms with E-state index in [0.717, 1.165) is 6.07 Å². The molecule has 112 valence electrons. The van der Waals surface area contributed by atoms with Gasteiger partial charge in [-0.3, -0.25) is 0 Å². The maximum absolute atomic E-state index is 12.1. The van der Waals surface area contributed by atoms with Gasteiger partial charge >= 0.3 is 12.0 Å². The van der Waals surface area contributed by atoms with Crippen LogP contribution >= 0.6 is 11.6 Å². The van der Waals surface area contributed by atoms with E-state index >= 15 is 0 Å². The van der Waals surface area contributed by atoms with Crippen molar-refractivity contribution >= 4 is 33.5 Å². The number of sulfonamides is 1. The van der Waals surface area contributed by atoms with Gasteiger partial charge in [0.1, 0.15) is 0 Å². The maximum atomic E-state index is 12.1. The smallest absolute Gasteiger partial charge is 0.337 e. The zero-order valence-electron chi connectivity index (χ0n) is 10.5. The van der Waals surface area contributed by atoms with Crippen molar-refractivity contribution < 1.29 is 23.1 Å². The fourth-order valence-electron chi connectivity index (χ4n) is 1.40. The lowest BCUT2D eigenvalue weighted by atomic mass is 10.2.